The Morgan fingerprint density at radius 1 is 1.42 bits per heavy atom. The summed E-state index contributed by atoms with van der Waals surface area (Å²) >= 11 is 2.16. The molecule has 1 amide bonds. The predicted octanol–water partition coefficient (Wildman–Crippen LogP) is 3.71. The van der Waals surface area contributed by atoms with Crippen LogP contribution < -0.4 is 5.32 Å². The van der Waals surface area contributed by atoms with Crippen molar-refractivity contribution in [3.8, 4) is 0 Å². The molecule has 19 heavy (non-hydrogen) atoms. The second-order valence-electron chi connectivity index (χ2n) is 4.35. The molecule has 1 heterocycles. The number of carbonyl (C=O) groups excluding carboxylic acids is 1. The second kappa shape index (κ2) is 6.18. The number of aromatic nitrogens is 2. The monoisotopic (exact) mass is 369 g/mol. The van der Waals surface area contributed by atoms with Crippen LogP contribution in [0.1, 0.15) is 36.7 Å². The molecule has 1 aromatic carbocycles. The topological polar surface area (TPSA) is 46.9 Å². The summed E-state index contributed by atoms with van der Waals surface area (Å²) in [4.78, 5) is 12.2. The SMILES string of the molecule is CCC(C)n1nccc1NC(=O)c1ccccc1I. The molecule has 1 N–H and O–H groups in total. The quantitative estimate of drug-likeness (QED) is 0.836. The predicted molar refractivity (Wildman–Crippen MR) is 84.3 cm³/mol. The molecule has 1 atom stereocenters. The molecule has 100 valence electrons. The van der Waals surface area contributed by atoms with Gasteiger partial charge in [-0.1, -0.05) is 19.1 Å². The van der Waals surface area contributed by atoms with Gasteiger partial charge in [0.15, 0.2) is 0 Å². The maximum absolute atomic E-state index is 12.2. The number of anilines is 1. The summed E-state index contributed by atoms with van der Waals surface area (Å²) in [5.74, 6) is 0.633. The molecule has 0 aliphatic carbocycles. The fraction of sp³-hybridized carbons (Fsp3) is 0.286. The minimum atomic E-state index is -0.102. The van der Waals surface area contributed by atoms with E-state index in [4.69, 9.17) is 0 Å². The molecule has 0 saturated heterocycles. The number of carbonyl (C=O) groups is 1. The number of nitrogens with one attached hydrogen (secondary N) is 1. The highest BCUT2D eigenvalue weighted by Gasteiger charge is 2.13. The number of hydrogen-bond donors (Lipinski definition) is 1. The van der Waals surface area contributed by atoms with E-state index in [9.17, 15) is 4.79 Å². The lowest BCUT2D eigenvalue weighted by Crippen LogP contribution is -2.18. The highest BCUT2D eigenvalue weighted by Crippen LogP contribution is 2.18. The molecule has 0 aliphatic rings. The van der Waals surface area contributed by atoms with Crippen LogP contribution in [-0.2, 0) is 0 Å². The number of benzene rings is 1. The maximum atomic E-state index is 12.2. The third kappa shape index (κ3) is 3.15. The molecule has 0 aliphatic heterocycles. The lowest BCUT2D eigenvalue weighted by atomic mass is 10.2. The largest absolute Gasteiger partial charge is 0.307 e. The summed E-state index contributed by atoms with van der Waals surface area (Å²) < 4.78 is 2.78. The smallest absolute Gasteiger partial charge is 0.257 e. The first-order valence-electron chi connectivity index (χ1n) is 6.23. The van der Waals surface area contributed by atoms with Crippen molar-refractivity contribution in [2.45, 2.75) is 26.3 Å². The summed E-state index contributed by atoms with van der Waals surface area (Å²) in [5, 5.41) is 7.18. The molecule has 2 rings (SSSR count). The third-order valence-corrected chi connectivity index (χ3v) is 3.98. The highest BCUT2D eigenvalue weighted by molar-refractivity contribution is 14.1. The first-order chi connectivity index (χ1) is 9.13. The van der Waals surface area contributed by atoms with E-state index in [1.165, 1.54) is 0 Å². The Morgan fingerprint density at radius 2 is 2.16 bits per heavy atom. The van der Waals surface area contributed by atoms with Gasteiger partial charge in [0.05, 0.1) is 17.8 Å². The summed E-state index contributed by atoms with van der Waals surface area (Å²) in [6.07, 6.45) is 2.67. The Hall–Kier alpha value is -1.37. The molecule has 0 bridgehead atoms. The summed E-state index contributed by atoms with van der Waals surface area (Å²) in [6, 6.07) is 9.60. The number of hydrogen-bond acceptors (Lipinski definition) is 2. The highest BCUT2D eigenvalue weighted by atomic mass is 127. The van der Waals surface area contributed by atoms with Crippen LogP contribution >= 0.6 is 22.6 Å². The molecular formula is C14H16IN3O. The van der Waals surface area contributed by atoms with E-state index in [1.807, 2.05) is 35.0 Å². The van der Waals surface area contributed by atoms with E-state index in [0.29, 0.717) is 5.56 Å². The Morgan fingerprint density at radius 3 is 2.84 bits per heavy atom. The van der Waals surface area contributed by atoms with E-state index in [2.05, 4.69) is 46.9 Å². The van der Waals surface area contributed by atoms with Gasteiger partial charge in [0, 0.05) is 9.64 Å². The van der Waals surface area contributed by atoms with Gasteiger partial charge in [-0.3, -0.25) is 4.79 Å². The summed E-state index contributed by atoms with van der Waals surface area (Å²) in [6.45, 7) is 4.17. The normalized spacial score (nSPS) is 12.2. The van der Waals surface area contributed by atoms with Crippen molar-refractivity contribution in [3.05, 3.63) is 45.7 Å². The number of nitrogens with zero attached hydrogens (tertiary/aromatic N) is 2. The Labute approximate surface area is 126 Å². The molecule has 0 fully saturated rings. The Kier molecular flexibility index (Phi) is 4.57. The average molecular weight is 369 g/mol. The number of rotatable bonds is 4. The van der Waals surface area contributed by atoms with Crippen LogP contribution in [0.15, 0.2) is 36.5 Å². The minimum absolute atomic E-state index is 0.102. The van der Waals surface area contributed by atoms with Gasteiger partial charge >= 0.3 is 0 Å². The zero-order valence-corrected chi connectivity index (χ0v) is 13.1. The fourth-order valence-corrected chi connectivity index (χ4v) is 2.40. The van der Waals surface area contributed by atoms with Crippen molar-refractivity contribution in [1.29, 1.82) is 0 Å². The van der Waals surface area contributed by atoms with Crippen LogP contribution in [-0.4, -0.2) is 15.7 Å². The number of halogens is 1. The van der Waals surface area contributed by atoms with Gasteiger partial charge in [0.25, 0.3) is 5.91 Å². The van der Waals surface area contributed by atoms with Gasteiger partial charge in [-0.25, -0.2) is 4.68 Å². The molecular weight excluding hydrogens is 353 g/mol. The molecule has 0 radical (unpaired) electrons. The van der Waals surface area contributed by atoms with E-state index in [1.54, 1.807) is 6.20 Å². The molecule has 1 unspecified atom stereocenters. The van der Waals surface area contributed by atoms with Gasteiger partial charge < -0.3 is 5.32 Å². The van der Waals surface area contributed by atoms with E-state index >= 15 is 0 Å². The van der Waals surface area contributed by atoms with Crippen LogP contribution in [0.5, 0.6) is 0 Å². The van der Waals surface area contributed by atoms with Crippen molar-refractivity contribution in [2.75, 3.05) is 5.32 Å². The van der Waals surface area contributed by atoms with Crippen LogP contribution in [0.4, 0.5) is 5.82 Å². The second-order valence-corrected chi connectivity index (χ2v) is 5.51. The Bertz CT molecular complexity index is 580. The average Bonchev–Trinajstić information content (AvgIpc) is 2.86. The van der Waals surface area contributed by atoms with Crippen molar-refractivity contribution in [2.24, 2.45) is 0 Å². The molecule has 5 heteroatoms. The van der Waals surface area contributed by atoms with E-state index in [0.717, 1.165) is 15.8 Å². The van der Waals surface area contributed by atoms with Gasteiger partial charge in [0.1, 0.15) is 5.82 Å². The minimum Gasteiger partial charge on any atom is -0.307 e. The molecule has 4 nitrogen and oxygen atoms in total. The van der Waals surface area contributed by atoms with Crippen molar-refractivity contribution in [3.63, 3.8) is 0 Å². The lowest BCUT2D eigenvalue weighted by Gasteiger charge is -2.14. The summed E-state index contributed by atoms with van der Waals surface area (Å²) in [7, 11) is 0. The van der Waals surface area contributed by atoms with Crippen molar-refractivity contribution in [1.82, 2.24) is 9.78 Å². The summed E-state index contributed by atoms with van der Waals surface area (Å²) in [5.41, 5.74) is 0.681. The third-order valence-electron chi connectivity index (χ3n) is 3.04. The molecule has 0 saturated carbocycles. The van der Waals surface area contributed by atoms with Crippen LogP contribution in [0.25, 0.3) is 0 Å². The van der Waals surface area contributed by atoms with Crippen molar-refractivity contribution < 1.29 is 4.79 Å². The lowest BCUT2D eigenvalue weighted by molar-refractivity contribution is 0.102. The molecule has 1 aromatic heterocycles. The van der Waals surface area contributed by atoms with Gasteiger partial charge in [-0.05, 0) is 48.1 Å². The maximum Gasteiger partial charge on any atom is 0.257 e. The van der Waals surface area contributed by atoms with Crippen LogP contribution in [0.2, 0.25) is 0 Å². The van der Waals surface area contributed by atoms with Gasteiger partial charge in [-0.15, -0.1) is 0 Å². The Balaban J connectivity index is 2.21. The molecule has 2 aromatic rings. The van der Waals surface area contributed by atoms with Crippen LogP contribution in [0.3, 0.4) is 0 Å². The standard InChI is InChI=1S/C14H16IN3O/c1-3-10(2)18-13(8-9-16-18)17-14(19)11-6-4-5-7-12(11)15/h4-10H,3H2,1-2H3,(H,17,19). The first-order valence-corrected chi connectivity index (χ1v) is 7.30. The zero-order chi connectivity index (χ0) is 13.8. The van der Waals surface area contributed by atoms with Crippen LogP contribution in [0, 0.1) is 3.57 Å². The first kappa shape index (κ1) is 14.0. The fourth-order valence-electron chi connectivity index (χ4n) is 1.77. The zero-order valence-electron chi connectivity index (χ0n) is 10.9. The van der Waals surface area contributed by atoms with E-state index < -0.39 is 0 Å². The van der Waals surface area contributed by atoms with Crippen molar-refractivity contribution >= 4 is 34.3 Å². The molecule has 0 spiro atoms. The van der Waals surface area contributed by atoms with Gasteiger partial charge in [-0.2, -0.15) is 5.10 Å². The van der Waals surface area contributed by atoms with E-state index in [-0.39, 0.29) is 11.9 Å². The van der Waals surface area contributed by atoms with Gasteiger partial charge in [0.2, 0.25) is 0 Å². The number of amides is 1.